The topological polar surface area (TPSA) is 49.3 Å². The van der Waals surface area contributed by atoms with Crippen LogP contribution in [-0.4, -0.2) is 23.7 Å². The molecule has 0 heterocycles. The second kappa shape index (κ2) is 4.99. The molecule has 1 unspecified atom stereocenters. The molecule has 0 aromatic carbocycles. The van der Waals surface area contributed by atoms with E-state index >= 15 is 0 Å². The molecule has 0 aromatic heterocycles. The van der Waals surface area contributed by atoms with Crippen LogP contribution in [0.15, 0.2) is 12.2 Å². The molecule has 0 aliphatic rings. The summed E-state index contributed by atoms with van der Waals surface area (Å²) in [6.45, 7) is 4.13. The molecule has 0 amide bonds. The Labute approximate surface area is 60.7 Å². The maximum absolute atomic E-state index is 10.2. The quantitative estimate of drug-likeness (QED) is 0.567. The van der Waals surface area contributed by atoms with Crippen LogP contribution >= 0.6 is 0 Å². The highest BCUT2D eigenvalue weighted by molar-refractivity contribution is 5.72. The van der Waals surface area contributed by atoms with Gasteiger partial charge in [0.1, 0.15) is 6.04 Å². The van der Waals surface area contributed by atoms with Crippen molar-refractivity contribution in [1.29, 1.82) is 0 Å². The zero-order chi connectivity index (χ0) is 7.98. The van der Waals surface area contributed by atoms with Gasteiger partial charge in [0.05, 0.1) is 0 Å². The van der Waals surface area contributed by atoms with Crippen molar-refractivity contribution in [1.82, 2.24) is 5.32 Å². The highest BCUT2D eigenvalue weighted by atomic mass is 16.4. The Balaban J connectivity index is 3.39. The Bertz CT molecular complexity index is 132. The number of aliphatic carboxylic acids is 1. The average Bonchev–Trinajstić information content (AvgIpc) is 1.88. The zero-order valence-electron chi connectivity index (χ0n) is 6.29. The molecule has 2 N–H and O–H groups in total. The van der Waals surface area contributed by atoms with Gasteiger partial charge in [0.15, 0.2) is 0 Å². The van der Waals surface area contributed by atoms with Gasteiger partial charge in [-0.05, 0) is 13.8 Å². The molecule has 0 spiro atoms. The lowest BCUT2D eigenvalue weighted by Gasteiger charge is -2.04. The van der Waals surface area contributed by atoms with Crippen LogP contribution in [0.2, 0.25) is 0 Å². The van der Waals surface area contributed by atoms with Gasteiger partial charge in [-0.15, -0.1) is 0 Å². The normalized spacial score (nSPS) is 13.8. The van der Waals surface area contributed by atoms with Crippen molar-refractivity contribution in [2.75, 3.05) is 6.54 Å². The van der Waals surface area contributed by atoms with Crippen LogP contribution < -0.4 is 5.32 Å². The van der Waals surface area contributed by atoms with E-state index in [4.69, 9.17) is 5.11 Å². The molecule has 58 valence electrons. The second-order valence-corrected chi connectivity index (χ2v) is 2.04. The summed E-state index contributed by atoms with van der Waals surface area (Å²) in [6.07, 6.45) is 3.75. The molecule has 0 fully saturated rings. The first-order valence-corrected chi connectivity index (χ1v) is 3.25. The molecule has 3 heteroatoms. The monoisotopic (exact) mass is 143 g/mol. The van der Waals surface area contributed by atoms with E-state index in [-0.39, 0.29) is 0 Å². The van der Waals surface area contributed by atoms with Crippen LogP contribution in [0.3, 0.4) is 0 Å². The molecule has 0 saturated carbocycles. The minimum Gasteiger partial charge on any atom is -0.480 e. The smallest absolute Gasteiger partial charge is 0.320 e. The summed E-state index contributed by atoms with van der Waals surface area (Å²) in [4.78, 5) is 10.2. The van der Waals surface area contributed by atoms with Crippen molar-refractivity contribution >= 4 is 5.97 Å². The van der Waals surface area contributed by atoms with Crippen molar-refractivity contribution in [2.24, 2.45) is 0 Å². The predicted molar refractivity (Wildman–Crippen MR) is 39.9 cm³/mol. The number of hydrogen-bond donors (Lipinski definition) is 2. The van der Waals surface area contributed by atoms with Crippen LogP contribution in [0.25, 0.3) is 0 Å². The van der Waals surface area contributed by atoms with Gasteiger partial charge < -0.3 is 10.4 Å². The first-order chi connectivity index (χ1) is 4.68. The fourth-order valence-electron chi connectivity index (χ4n) is 0.450. The molecule has 0 radical (unpaired) electrons. The minimum atomic E-state index is -0.815. The van der Waals surface area contributed by atoms with E-state index in [1.807, 2.05) is 19.1 Å². The SMILES string of the molecule is C/C=C/CNC(C)C(=O)O. The number of carbonyl (C=O) groups is 1. The number of hydrogen-bond acceptors (Lipinski definition) is 2. The Hall–Kier alpha value is -0.830. The fraction of sp³-hybridized carbons (Fsp3) is 0.571. The molecule has 0 aliphatic carbocycles. The van der Waals surface area contributed by atoms with E-state index in [1.165, 1.54) is 0 Å². The van der Waals surface area contributed by atoms with Crippen molar-refractivity contribution in [3.63, 3.8) is 0 Å². The molecular weight excluding hydrogens is 130 g/mol. The molecule has 1 atom stereocenters. The molecule has 0 aliphatic heterocycles. The van der Waals surface area contributed by atoms with E-state index in [0.29, 0.717) is 6.54 Å². The molecule has 0 bridgehead atoms. The molecule has 0 rings (SSSR count). The molecule has 3 nitrogen and oxygen atoms in total. The van der Waals surface area contributed by atoms with Crippen molar-refractivity contribution in [3.8, 4) is 0 Å². The fourth-order valence-corrected chi connectivity index (χ4v) is 0.450. The third-order valence-corrected chi connectivity index (χ3v) is 1.15. The first kappa shape index (κ1) is 9.17. The van der Waals surface area contributed by atoms with Crippen molar-refractivity contribution in [2.45, 2.75) is 19.9 Å². The molecule has 10 heavy (non-hydrogen) atoms. The minimum absolute atomic E-state index is 0.462. The van der Waals surface area contributed by atoms with Crippen LogP contribution in [0.4, 0.5) is 0 Å². The maximum atomic E-state index is 10.2. The Kier molecular flexibility index (Phi) is 4.58. The van der Waals surface area contributed by atoms with Gasteiger partial charge in [0.2, 0.25) is 0 Å². The Morgan fingerprint density at radius 2 is 2.40 bits per heavy atom. The van der Waals surface area contributed by atoms with Gasteiger partial charge in [-0.25, -0.2) is 0 Å². The van der Waals surface area contributed by atoms with Crippen molar-refractivity contribution in [3.05, 3.63) is 12.2 Å². The van der Waals surface area contributed by atoms with Crippen LogP contribution in [0, 0.1) is 0 Å². The third kappa shape index (κ3) is 4.09. The lowest BCUT2D eigenvalue weighted by Crippen LogP contribution is -2.33. The van der Waals surface area contributed by atoms with Crippen LogP contribution in [-0.2, 0) is 4.79 Å². The lowest BCUT2D eigenvalue weighted by molar-refractivity contribution is -0.138. The maximum Gasteiger partial charge on any atom is 0.320 e. The highest BCUT2D eigenvalue weighted by Crippen LogP contribution is 1.79. The van der Waals surface area contributed by atoms with E-state index < -0.39 is 12.0 Å². The zero-order valence-corrected chi connectivity index (χ0v) is 6.29. The Morgan fingerprint density at radius 1 is 1.80 bits per heavy atom. The Morgan fingerprint density at radius 3 is 2.80 bits per heavy atom. The lowest BCUT2D eigenvalue weighted by atomic mass is 10.3. The standard InChI is InChI=1S/C7H13NO2/c1-3-4-5-8-6(2)7(9)10/h3-4,6,8H,5H2,1-2H3,(H,9,10)/b4-3+. The van der Waals surface area contributed by atoms with Crippen LogP contribution in [0.5, 0.6) is 0 Å². The van der Waals surface area contributed by atoms with E-state index in [2.05, 4.69) is 5.32 Å². The van der Waals surface area contributed by atoms with Gasteiger partial charge in [-0.3, -0.25) is 4.79 Å². The van der Waals surface area contributed by atoms with Gasteiger partial charge >= 0.3 is 5.97 Å². The highest BCUT2D eigenvalue weighted by Gasteiger charge is 2.06. The van der Waals surface area contributed by atoms with E-state index in [1.54, 1.807) is 6.92 Å². The van der Waals surface area contributed by atoms with Gasteiger partial charge in [-0.1, -0.05) is 12.2 Å². The van der Waals surface area contributed by atoms with E-state index in [0.717, 1.165) is 0 Å². The van der Waals surface area contributed by atoms with Crippen molar-refractivity contribution < 1.29 is 9.90 Å². The summed E-state index contributed by atoms with van der Waals surface area (Å²) >= 11 is 0. The van der Waals surface area contributed by atoms with Gasteiger partial charge in [0.25, 0.3) is 0 Å². The van der Waals surface area contributed by atoms with E-state index in [9.17, 15) is 4.79 Å². The summed E-state index contributed by atoms with van der Waals surface area (Å²) < 4.78 is 0. The largest absolute Gasteiger partial charge is 0.480 e. The summed E-state index contributed by atoms with van der Waals surface area (Å²) in [6, 6.07) is -0.462. The summed E-state index contributed by atoms with van der Waals surface area (Å²) in [5.74, 6) is -0.815. The summed E-state index contributed by atoms with van der Waals surface area (Å²) in [5, 5.41) is 11.2. The third-order valence-electron chi connectivity index (χ3n) is 1.15. The predicted octanol–water partition coefficient (Wildman–Crippen LogP) is 0.625. The summed E-state index contributed by atoms with van der Waals surface area (Å²) in [5.41, 5.74) is 0. The number of carboxylic acid groups (broad SMARTS) is 1. The number of carboxylic acids is 1. The average molecular weight is 143 g/mol. The number of allylic oxidation sites excluding steroid dienone is 1. The van der Waals surface area contributed by atoms with Gasteiger partial charge in [-0.2, -0.15) is 0 Å². The number of rotatable bonds is 4. The van der Waals surface area contributed by atoms with Gasteiger partial charge in [0, 0.05) is 6.54 Å². The number of nitrogens with one attached hydrogen (secondary N) is 1. The first-order valence-electron chi connectivity index (χ1n) is 3.25. The molecule has 0 saturated heterocycles. The molecular formula is C7H13NO2. The second-order valence-electron chi connectivity index (χ2n) is 2.04. The summed E-state index contributed by atoms with van der Waals surface area (Å²) in [7, 11) is 0. The van der Waals surface area contributed by atoms with Crippen LogP contribution in [0.1, 0.15) is 13.8 Å². The molecule has 0 aromatic rings.